The molecule has 2 aliphatic heterocycles. The van der Waals surface area contributed by atoms with Crippen molar-refractivity contribution in [3.8, 4) is 17.2 Å². The molecule has 5 rings (SSSR count). The summed E-state index contributed by atoms with van der Waals surface area (Å²) < 4.78 is 17.3. The van der Waals surface area contributed by atoms with Crippen LogP contribution in [0.15, 0.2) is 53.2 Å². The Morgan fingerprint density at radius 1 is 1.06 bits per heavy atom. The number of thiophene rings is 1. The van der Waals surface area contributed by atoms with Crippen LogP contribution < -0.4 is 14.2 Å². The van der Waals surface area contributed by atoms with Gasteiger partial charge >= 0.3 is 0 Å². The maximum absolute atomic E-state index is 13.4. The molecule has 0 fully saturated rings. The molecule has 172 valence electrons. The number of nitrogens with zero attached hydrogens (tertiary/aromatic N) is 2. The lowest BCUT2D eigenvalue weighted by atomic mass is 9.98. The Morgan fingerprint density at radius 3 is 2.61 bits per heavy atom. The highest BCUT2D eigenvalue weighted by atomic mass is 32.1. The molecule has 1 aromatic heterocycles. The van der Waals surface area contributed by atoms with E-state index in [1.807, 2.05) is 35.2 Å². The van der Waals surface area contributed by atoms with Crippen molar-refractivity contribution in [1.82, 2.24) is 9.80 Å². The van der Waals surface area contributed by atoms with Gasteiger partial charge in [-0.05, 0) is 52.6 Å². The first-order valence-electron chi connectivity index (χ1n) is 11.1. The number of benzene rings is 2. The van der Waals surface area contributed by atoms with E-state index < -0.39 is 0 Å². The molecule has 1 unspecified atom stereocenters. The molecule has 0 saturated heterocycles. The maximum atomic E-state index is 13.4. The second-order valence-electron chi connectivity index (χ2n) is 8.48. The Morgan fingerprint density at radius 2 is 1.85 bits per heavy atom. The van der Waals surface area contributed by atoms with Gasteiger partial charge in [0.05, 0.1) is 20.8 Å². The van der Waals surface area contributed by atoms with Gasteiger partial charge in [-0.1, -0.05) is 18.2 Å². The van der Waals surface area contributed by atoms with Crippen molar-refractivity contribution in [2.75, 3.05) is 33.9 Å². The zero-order valence-electron chi connectivity index (χ0n) is 19.0. The van der Waals surface area contributed by atoms with Crippen LogP contribution in [0.1, 0.15) is 28.4 Å². The molecule has 7 heteroatoms. The number of carbonyl (C=O) groups is 1. The highest BCUT2D eigenvalue weighted by Gasteiger charge is 2.28. The first-order valence-corrected chi connectivity index (χ1v) is 12.1. The smallest absolute Gasteiger partial charge is 0.237 e. The summed E-state index contributed by atoms with van der Waals surface area (Å²) >= 11 is 1.67. The van der Waals surface area contributed by atoms with Crippen LogP contribution in [-0.2, 0) is 24.3 Å². The lowest BCUT2D eigenvalue weighted by molar-refractivity contribution is -0.133. The number of para-hydroxylation sites is 1. The fraction of sp³-hybridized carbons (Fsp3) is 0.346. The van der Waals surface area contributed by atoms with Crippen molar-refractivity contribution in [2.45, 2.75) is 25.6 Å². The summed E-state index contributed by atoms with van der Waals surface area (Å²) in [5, 5.41) is 4.20. The maximum Gasteiger partial charge on any atom is 0.237 e. The van der Waals surface area contributed by atoms with E-state index >= 15 is 0 Å². The van der Waals surface area contributed by atoms with Gasteiger partial charge in [-0.15, -0.1) is 0 Å². The quantitative estimate of drug-likeness (QED) is 0.564. The molecule has 6 nitrogen and oxygen atoms in total. The van der Waals surface area contributed by atoms with E-state index in [-0.39, 0.29) is 12.0 Å². The van der Waals surface area contributed by atoms with Gasteiger partial charge in [0.2, 0.25) is 5.91 Å². The van der Waals surface area contributed by atoms with Crippen LogP contribution in [0.5, 0.6) is 17.2 Å². The minimum Gasteiger partial charge on any atom is -0.493 e. The summed E-state index contributed by atoms with van der Waals surface area (Å²) in [6.07, 6.45) is 0.719. The molecule has 33 heavy (non-hydrogen) atoms. The second kappa shape index (κ2) is 9.45. The van der Waals surface area contributed by atoms with Gasteiger partial charge in [-0.2, -0.15) is 11.3 Å². The molecule has 0 radical (unpaired) electrons. The first kappa shape index (κ1) is 21.8. The summed E-state index contributed by atoms with van der Waals surface area (Å²) in [5.74, 6) is 2.47. The minimum atomic E-state index is -0.0912. The van der Waals surface area contributed by atoms with Gasteiger partial charge in [0.1, 0.15) is 11.9 Å². The highest BCUT2D eigenvalue weighted by molar-refractivity contribution is 7.07. The molecule has 3 aromatic rings. The molecular formula is C26H28N2O4S. The normalized spacial score (nSPS) is 18.0. The van der Waals surface area contributed by atoms with Crippen molar-refractivity contribution in [2.24, 2.45) is 0 Å². The van der Waals surface area contributed by atoms with Gasteiger partial charge in [0, 0.05) is 37.3 Å². The Bertz CT molecular complexity index is 1130. The zero-order chi connectivity index (χ0) is 22.8. The minimum absolute atomic E-state index is 0.0912. The van der Waals surface area contributed by atoms with Crippen LogP contribution >= 0.6 is 11.3 Å². The van der Waals surface area contributed by atoms with E-state index in [0.29, 0.717) is 38.5 Å². The molecular weight excluding hydrogens is 436 g/mol. The van der Waals surface area contributed by atoms with E-state index in [1.54, 1.807) is 25.6 Å². The van der Waals surface area contributed by atoms with Crippen LogP contribution in [-0.4, -0.2) is 49.6 Å². The van der Waals surface area contributed by atoms with E-state index in [2.05, 4.69) is 27.8 Å². The Labute approximate surface area is 198 Å². The third kappa shape index (κ3) is 4.56. The topological polar surface area (TPSA) is 51.2 Å². The van der Waals surface area contributed by atoms with E-state index in [1.165, 1.54) is 5.56 Å². The third-order valence-electron chi connectivity index (χ3n) is 6.40. The van der Waals surface area contributed by atoms with Crippen molar-refractivity contribution in [3.63, 3.8) is 0 Å². The number of methoxy groups -OCH3 is 2. The largest absolute Gasteiger partial charge is 0.493 e. The van der Waals surface area contributed by atoms with Gasteiger partial charge in [0.15, 0.2) is 11.5 Å². The summed E-state index contributed by atoms with van der Waals surface area (Å²) in [4.78, 5) is 17.5. The molecule has 0 aliphatic carbocycles. The Kier molecular flexibility index (Phi) is 6.24. The summed E-state index contributed by atoms with van der Waals surface area (Å²) in [7, 11) is 3.29. The lowest BCUT2D eigenvalue weighted by Crippen LogP contribution is -2.43. The molecule has 3 heterocycles. The van der Waals surface area contributed by atoms with Crippen molar-refractivity contribution in [1.29, 1.82) is 0 Å². The van der Waals surface area contributed by atoms with E-state index in [9.17, 15) is 4.79 Å². The Hall–Kier alpha value is -3.03. The predicted octanol–water partition coefficient (Wildman–Crippen LogP) is 4.29. The predicted molar refractivity (Wildman–Crippen MR) is 128 cm³/mol. The van der Waals surface area contributed by atoms with Crippen LogP contribution in [0.2, 0.25) is 0 Å². The molecule has 0 N–H and O–H groups in total. The van der Waals surface area contributed by atoms with Gasteiger partial charge < -0.3 is 19.1 Å². The number of hydrogen-bond donors (Lipinski definition) is 0. The summed E-state index contributed by atoms with van der Waals surface area (Å²) in [6.45, 7) is 3.02. The summed E-state index contributed by atoms with van der Waals surface area (Å²) in [5.41, 5.74) is 4.60. The number of amides is 1. The average Bonchev–Trinajstić information content (AvgIpc) is 3.32. The molecule has 1 atom stereocenters. The SMILES string of the molecule is COc1cc2c(cc1OC)CN(C(=O)CN1Cc3ccccc3OC(c3ccsc3)C1)CC2. The monoisotopic (exact) mass is 464 g/mol. The first-order chi connectivity index (χ1) is 16.1. The molecule has 0 spiro atoms. The van der Waals surface area contributed by atoms with Crippen molar-refractivity contribution in [3.05, 3.63) is 75.5 Å². The molecule has 1 amide bonds. The fourth-order valence-electron chi connectivity index (χ4n) is 4.62. The van der Waals surface area contributed by atoms with Crippen LogP contribution in [0.25, 0.3) is 0 Å². The molecule has 2 aliphatic rings. The molecule has 0 bridgehead atoms. The second-order valence-corrected chi connectivity index (χ2v) is 9.26. The molecule has 0 saturated carbocycles. The number of hydrogen-bond acceptors (Lipinski definition) is 6. The number of ether oxygens (including phenoxy) is 3. The highest BCUT2D eigenvalue weighted by Crippen LogP contribution is 2.34. The van der Waals surface area contributed by atoms with E-state index in [0.717, 1.165) is 34.6 Å². The van der Waals surface area contributed by atoms with Gasteiger partial charge in [0.25, 0.3) is 0 Å². The fourth-order valence-corrected chi connectivity index (χ4v) is 5.32. The van der Waals surface area contributed by atoms with Gasteiger partial charge in [-0.3, -0.25) is 9.69 Å². The zero-order valence-corrected chi connectivity index (χ0v) is 19.8. The average molecular weight is 465 g/mol. The van der Waals surface area contributed by atoms with E-state index in [4.69, 9.17) is 14.2 Å². The standard InChI is InChI=1S/C26H28N2O4S/c1-30-23-11-18-7-9-28(14-21(18)12-24(23)31-2)26(29)16-27-13-19-5-3-4-6-22(19)32-25(15-27)20-8-10-33-17-20/h3-6,8,10-12,17,25H,7,9,13-16H2,1-2H3. The van der Waals surface area contributed by atoms with Crippen molar-refractivity contribution >= 4 is 17.2 Å². The third-order valence-corrected chi connectivity index (χ3v) is 7.11. The van der Waals surface area contributed by atoms with Crippen LogP contribution in [0, 0.1) is 0 Å². The lowest BCUT2D eigenvalue weighted by Gasteiger charge is -2.32. The Balaban J connectivity index is 1.33. The summed E-state index contributed by atoms with van der Waals surface area (Å²) in [6, 6.07) is 14.3. The number of rotatable bonds is 5. The van der Waals surface area contributed by atoms with Crippen LogP contribution in [0.3, 0.4) is 0 Å². The molecule has 2 aromatic carbocycles. The van der Waals surface area contributed by atoms with Gasteiger partial charge in [-0.25, -0.2) is 0 Å². The van der Waals surface area contributed by atoms with Crippen LogP contribution in [0.4, 0.5) is 0 Å². The van der Waals surface area contributed by atoms with Crippen molar-refractivity contribution < 1.29 is 19.0 Å². The number of carbonyl (C=O) groups excluding carboxylic acids is 1. The number of fused-ring (bicyclic) bond motifs is 2.